The number of aryl methyl sites for hydroxylation is 1. The monoisotopic (exact) mass is 323 g/mol. The Morgan fingerprint density at radius 3 is 2.90 bits per heavy atom. The smallest absolute Gasteiger partial charge is 0.265 e. The van der Waals surface area contributed by atoms with Gasteiger partial charge in [0.05, 0.1) is 28.0 Å². The number of aromatic nitrogens is 1. The maximum absolute atomic E-state index is 12.4. The van der Waals surface area contributed by atoms with Crippen LogP contribution in [0.1, 0.15) is 11.5 Å². The highest BCUT2D eigenvalue weighted by Gasteiger charge is 2.21. The van der Waals surface area contributed by atoms with Crippen LogP contribution in [0, 0.1) is 6.92 Å². The Hall–Kier alpha value is -1.90. The van der Waals surface area contributed by atoms with E-state index >= 15 is 0 Å². The minimum absolute atomic E-state index is 0.104. The predicted molar refractivity (Wildman–Crippen MR) is 81.8 cm³/mol. The minimum atomic E-state index is -3.70. The van der Waals surface area contributed by atoms with Gasteiger partial charge in [0.25, 0.3) is 10.0 Å². The maximum Gasteiger partial charge on any atom is 0.265 e. The van der Waals surface area contributed by atoms with Crippen LogP contribution < -0.4 is 10.5 Å². The summed E-state index contributed by atoms with van der Waals surface area (Å²) in [6, 6.07) is 6.66. The number of hydrogen-bond acceptors (Lipinski definition) is 6. The molecule has 3 rings (SSSR count). The van der Waals surface area contributed by atoms with E-state index in [1.807, 2.05) is 0 Å². The van der Waals surface area contributed by atoms with Gasteiger partial charge >= 0.3 is 0 Å². The van der Waals surface area contributed by atoms with Gasteiger partial charge < -0.3 is 10.2 Å². The molecule has 0 aliphatic heterocycles. The molecule has 0 aliphatic carbocycles. The number of nitrogens with one attached hydrogen (secondary N) is 1. The first-order valence-corrected chi connectivity index (χ1v) is 8.51. The van der Waals surface area contributed by atoms with E-state index in [9.17, 15) is 8.42 Å². The number of nitrogens with zero attached hydrogens (tertiary/aromatic N) is 1. The molecule has 0 bridgehead atoms. The van der Waals surface area contributed by atoms with Gasteiger partial charge in [-0.1, -0.05) is 0 Å². The van der Waals surface area contributed by atoms with Crippen molar-refractivity contribution in [1.82, 2.24) is 4.98 Å². The number of hydrogen-bond donors (Lipinski definition) is 2. The van der Waals surface area contributed by atoms with Gasteiger partial charge in [-0.05, 0) is 25.1 Å². The Balaban J connectivity index is 1.96. The second-order valence-electron chi connectivity index (χ2n) is 4.48. The van der Waals surface area contributed by atoms with Crippen LogP contribution in [0.15, 0.2) is 39.1 Å². The summed E-state index contributed by atoms with van der Waals surface area (Å²) in [5.41, 5.74) is 8.51. The summed E-state index contributed by atoms with van der Waals surface area (Å²) >= 11 is 1.45. The molecule has 21 heavy (non-hydrogen) atoms. The molecule has 2 heterocycles. The zero-order valence-corrected chi connectivity index (χ0v) is 12.8. The maximum atomic E-state index is 12.4. The first kappa shape index (κ1) is 14.1. The number of nitrogens with two attached hydrogens (primary N) is 1. The molecule has 2 aromatic heterocycles. The van der Waals surface area contributed by atoms with Gasteiger partial charge in [0.2, 0.25) is 0 Å². The van der Waals surface area contributed by atoms with Crippen LogP contribution in [0.25, 0.3) is 10.2 Å². The average Bonchev–Trinajstić information content (AvgIpc) is 3.04. The summed E-state index contributed by atoms with van der Waals surface area (Å²) in [4.78, 5) is 4.26. The van der Waals surface area contributed by atoms with Crippen molar-refractivity contribution >= 4 is 37.3 Å². The highest BCUT2D eigenvalue weighted by atomic mass is 32.2. The average molecular weight is 323 g/mol. The lowest BCUT2D eigenvalue weighted by Crippen LogP contribution is -2.13. The minimum Gasteiger partial charge on any atom is -0.464 e. The zero-order valence-electron chi connectivity index (χ0n) is 11.2. The SMILES string of the molecule is Cc1oc(CN)cc1S(=O)(=O)Nc1ccc2ncsc2c1. The van der Waals surface area contributed by atoms with Crippen molar-refractivity contribution in [3.8, 4) is 0 Å². The van der Waals surface area contributed by atoms with Gasteiger partial charge in [0.15, 0.2) is 0 Å². The summed E-state index contributed by atoms with van der Waals surface area (Å²) in [5.74, 6) is 0.757. The molecule has 0 atom stereocenters. The van der Waals surface area contributed by atoms with Crippen molar-refractivity contribution in [2.45, 2.75) is 18.4 Å². The molecule has 3 aromatic rings. The lowest BCUT2D eigenvalue weighted by atomic mass is 10.3. The fraction of sp³-hybridized carbons (Fsp3) is 0.154. The van der Waals surface area contributed by atoms with E-state index in [1.54, 1.807) is 30.6 Å². The van der Waals surface area contributed by atoms with Gasteiger partial charge in [-0.15, -0.1) is 11.3 Å². The molecule has 0 spiro atoms. The highest BCUT2D eigenvalue weighted by molar-refractivity contribution is 7.92. The standard InChI is InChI=1S/C13H13N3O3S2/c1-8-13(5-10(6-14)19-8)21(17,18)16-9-2-3-11-12(4-9)20-7-15-11/h2-5,7,16H,6,14H2,1H3. The number of furan rings is 1. The number of sulfonamides is 1. The van der Waals surface area contributed by atoms with Gasteiger partial charge in [-0.25, -0.2) is 13.4 Å². The van der Waals surface area contributed by atoms with Crippen molar-refractivity contribution in [3.63, 3.8) is 0 Å². The molecule has 0 aliphatic rings. The van der Waals surface area contributed by atoms with E-state index in [2.05, 4.69) is 9.71 Å². The van der Waals surface area contributed by atoms with Crippen LogP contribution in [-0.4, -0.2) is 13.4 Å². The second kappa shape index (κ2) is 5.14. The zero-order chi connectivity index (χ0) is 15.0. The summed E-state index contributed by atoms with van der Waals surface area (Å²) in [5, 5.41) is 0. The fourth-order valence-electron chi connectivity index (χ4n) is 2.02. The van der Waals surface area contributed by atoms with Crippen molar-refractivity contribution in [3.05, 3.63) is 41.3 Å². The van der Waals surface area contributed by atoms with Gasteiger partial charge in [0.1, 0.15) is 16.4 Å². The molecular formula is C13H13N3O3S2. The Kier molecular flexibility index (Phi) is 3.44. The summed E-state index contributed by atoms with van der Waals surface area (Å²) in [7, 11) is -3.70. The number of rotatable bonds is 4. The number of anilines is 1. The Bertz CT molecular complexity index is 896. The Morgan fingerprint density at radius 2 is 2.19 bits per heavy atom. The second-order valence-corrected chi connectivity index (χ2v) is 7.01. The van der Waals surface area contributed by atoms with E-state index in [4.69, 9.17) is 10.2 Å². The lowest BCUT2D eigenvalue weighted by Gasteiger charge is -2.06. The van der Waals surface area contributed by atoms with Gasteiger partial charge in [-0.2, -0.15) is 0 Å². The highest BCUT2D eigenvalue weighted by Crippen LogP contribution is 2.26. The molecule has 0 saturated heterocycles. The Labute approximate surface area is 125 Å². The number of benzene rings is 1. The van der Waals surface area contributed by atoms with Crippen molar-refractivity contribution in [2.75, 3.05) is 4.72 Å². The molecule has 1 aromatic carbocycles. The van der Waals surface area contributed by atoms with Gasteiger partial charge in [-0.3, -0.25) is 4.72 Å². The number of fused-ring (bicyclic) bond motifs is 1. The third-order valence-corrected chi connectivity index (χ3v) is 5.28. The number of thiazole rings is 1. The van der Waals surface area contributed by atoms with Crippen LogP contribution in [-0.2, 0) is 16.6 Å². The third kappa shape index (κ3) is 2.65. The van der Waals surface area contributed by atoms with Crippen LogP contribution in [0.2, 0.25) is 0 Å². The van der Waals surface area contributed by atoms with Crippen LogP contribution in [0.4, 0.5) is 5.69 Å². The van der Waals surface area contributed by atoms with Crippen molar-refractivity contribution < 1.29 is 12.8 Å². The molecule has 6 nitrogen and oxygen atoms in total. The first-order valence-electron chi connectivity index (χ1n) is 6.15. The third-order valence-electron chi connectivity index (χ3n) is 3.00. The fourth-order valence-corrected chi connectivity index (χ4v) is 3.99. The van der Waals surface area contributed by atoms with E-state index in [1.165, 1.54) is 17.4 Å². The summed E-state index contributed by atoms with van der Waals surface area (Å²) in [6.07, 6.45) is 0. The Morgan fingerprint density at radius 1 is 1.38 bits per heavy atom. The molecule has 0 unspecified atom stereocenters. The predicted octanol–water partition coefficient (Wildman–Crippen LogP) is 2.46. The first-order chi connectivity index (χ1) is 9.99. The normalized spacial score (nSPS) is 11.9. The summed E-state index contributed by atoms with van der Waals surface area (Å²) in [6.45, 7) is 1.75. The quantitative estimate of drug-likeness (QED) is 0.768. The molecule has 8 heteroatoms. The van der Waals surface area contributed by atoms with E-state index in [-0.39, 0.29) is 11.4 Å². The molecule has 3 N–H and O–H groups in total. The molecule has 110 valence electrons. The molecule has 0 radical (unpaired) electrons. The summed E-state index contributed by atoms with van der Waals surface area (Å²) < 4.78 is 33.6. The lowest BCUT2D eigenvalue weighted by molar-refractivity contribution is 0.479. The van der Waals surface area contributed by atoms with Crippen LogP contribution in [0.5, 0.6) is 0 Å². The van der Waals surface area contributed by atoms with Crippen molar-refractivity contribution in [2.24, 2.45) is 5.73 Å². The van der Waals surface area contributed by atoms with E-state index < -0.39 is 10.0 Å². The largest absolute Gasteiger partial charge is 0.464 e. The van der Waals surface area contributed by atoms with Crippen LogP contribution in [0.3, 0.4) is 0 Å². The van der Waals surface area contributed by atoms with E-state index in [0.29, 0.717) is 17.2 Å². The molecule has 0 amide bonds. The van der Waals surface area contributed by atoms with Gasteiger partial charge in [0, 0.05) is 6.07 Å². The van der Waals surface area contributed by atoms with Crippen LogP contribution >= 0.6 is 11.3 Å². The molecule has 0 saturated carbocycles. The molecule has 0 fully saturated rings. The molecular weight excluding hydrogens is 310 g/mol. The topological polar surface area (TPSA) is 98.2 Å². The van der Waals surface area contributed by atoms with E-state index in [0.717, 1.165) is 10.2 Å². The van der Waals surface area contributed by atoms with Crippen molar-refractivity contribution in [1.29, 1.82) is 0 Å².